The number of oxazole rings is 1. The zero-order valence-corrected chi connectivity index (χ0v) is 14.6. The number of carbonyl (C=O) groups excluding carboxylic acids is 2. The summed E-state index contributed by atoms with van der Waals surface area (Å²) in [5.41, 5.74) is 1.59. The van der Waals surface area contributed by atoms with Crippen LogP contribution in [0.25, 0.3) is 11.1 Å². The van der Waals surface area contributed by atoms with Crippen LogP contribution in [0.15, 0.2) is 38.7 Å². The summed E-state index contributed by atoms with van der Waals surface area (Å²) in [6.45, 7) is 2.26. The largest absolute Gasteiger partial charge is 0.466 e. The summed E-state index contributed by atoms with van der Waals surface area (Å²) in [4.78, 5) is 37.6. The molecule has 0 atom stereocenters. The molecular weight excluding hydrogens is 344 g/mol. The van der Waals surface area contributed by atoms with Crippen LogP contribution in [0, 0.1) is 0 Å². The maximum absolute atomic E-state index is 12.3. The number of anilines is 1. The molecule has 0 amide bonds. The van der Waals surface area contributed by atoms with Gasteiger partial charge in [-0.3, -0.25) is 4.57 Å². The van der Waals surface area contributed by atoms with Crippen molar-refractivity contribution in [3.05, 3.63) is 40.0 Å². The van der Waals surface area contributed by atoms with E-state index in [1.165, 1.54) is 23.7 Å². The Kier molecular flexibility index (Phi) is 4.81. The lowest BCUT2D eigenvalue weighted by Gasteiger charge is -2.31. The summed E-state index contributed by atoms with van der Waals surface area (Å²) in [5, 5.41) is 0. The number of carbonyl (C=O) groups is 2. The van der Waals surface area contributed by atoms with Crippen LogP contribution < -0.4 is 10.7 Å². The molecule has 2 aromatic rings. The summed E-state index contributed by atoms with van der Waals surface area (Å²) in [7, 11) is 2.44. The number of ether oxygens (including phenoxy) is 3. The van der Waals surface area contributed by atoms with Crippen molar-refractivity contribution in [2.75, 3.05) is 32.5 Å². The van der Waals surface area contributed by atoms with Gasteiger partial charge in [0.2, 0.25) is 0 Å². The summed E-state index contributed by atoms with van der Waals surface area (Å²) < 4.78 is 21.7. The highest BCUT2D eigenvalue weighted by Crippen LogP contribution is 2.29. The fourth-order valence-electron chi connectivity index (χ4n) is 2.87. The normalized spacial score (nSPS) is 14.7. The fraction of sp³-hybridized carbons (Fsp3) is 0.353. The smallest absolute Gasteiger partial charge is 0.419 e. The number of hydrogen-bond donors (Lipinski definition) is 0. The van der Waals surface area contributed by atoms with Crippen molar-refractivity contribution in [3.63, 3.8) is 0 Å². The second-order valence-electron chi connectivity index (χ2n) is 5.48. The number of aromatic nitrogens is 1. The Labute approximate surface area is 148 Å². The van der Waals surface area contributed by atoms with E-state index in [2.05, 4.69) is 0 Å². The Balaban J connectivity index is 2.14. The number of fused-ring (bicyclic) bond motifs is 1. The van der Waals surface area contributed by atoms with E-state index >= 15 is 0 Å². The van der Waals surface area contributed by atoms with Gasteiger partial charge >= 0.3 is 17.7 Å². The molecule has 1 aromatic heterocycles. The molecule has 1 aliphatic rings. The predicted octanol–water partition coefficient (Wildman–Crippen LogP) is 1.01. The molecule has 2 heterocycles. The van der Waals surface area contributed by atoms with E-state index in [0.29, 0.717) is 23.3 Å². The van der Waals surface area contributed by atoms with E-state index in [4.69, 9.17) is 18.6 Å². The third-order valence-corrected chi connectivity index (χ3v) is 4.11. The molecule has 0 N–H and O–H groups in total. The molecular formula is C17H18N2O7. The lowest BCUT2D eigenvalue weighted by molar-refractivity contribution is -0.140. The van der Waals surface area contributed by atoms with Gasteiger partial charge in [-0.25, -0.2) is 14.4 Å². The topological polar surface area (TPSA) is 100 Å². The zero-order valence-electron chi connectivity index (χ0n) is 14.6. The summed E-state index contributed by atoms with van der Waals surface area (Å²) >= 11 is 0. The first-order chi connectivity index (χ1) is 12.5. The van der Waals surface area contributed by atoms with Crippen molar-refractivity contribution >= 4 is 28.7 Å². The molecule has 138 valence electrons. The first-order valence-electron chi connectivity index (χ1n) is 7.90. The Hall–Kier alpha value is -3.07. The molecule has 0 saturated carbocycles. The molecule has 1 aliphatic heterocycles. The van der Waals surface area contributed by atoms with Gasteiger partial charge < -0.3 is 23.5 Å². The molecule has 26 heavy (non-hydrogen) atoms. The second kappa shape index (κ2) is 7.04. The van der Waals surface area contributed by atoms with Crippen LogP contribution in [-0.2, 0) is 30.3 Å². The first kappa shape index (κ1) is 17.7. The quantitative estimate of drug-likeness (QED) is 0.743. The summed E-state index contributed by atoms with van der Waals surface area (Å²) in [5.74, 6) is -1.84. The molecule has 3 rings (SSSR count). The SMILES string of the molecule is CCn1c(=O)oc2cc(N3COCC(C(=O)OC)=C3C(=O)OC)ccc21. The molecule has 0 unspecified atom stereocenters. The van der Waals surface area contributed by atoms with Crippen molar-refractivity contribution < 1.29 is 28.2 Å². The van der Waals surface area contributed by atoms with Crippen LogP contribution in [0.2, 0.25) is 0 Å². The van der Waals surface area contributed by atoms with Gasteiger partial charge in [-0.1, -0.05) is 0 Å². The minimum Gasteiger partial charge on any atom is -0.466 e. The van der Waals surface area contributed by atoms with Crippen molar-refractivity contribution in [1.82, 2.24) is 4.57 Å². The number of hydrogen-bond acceptors (Lipinski definition) is 8. The lowest BCUT2D eigenvalue weighted by Crippen LogP contribution is -2.38. The van der Waals surface area contributed by atoms with Crippen LogP contribution in [0.5, 0.6) is 0 Å². The summed E-state index contributed by atoms with van der Waals surface area (Å²) in [6, 6.07) is 5.02. The zero-order chi connectivity index (χ0) is 18.8. The standard InChI is InChI=1S/C17H18N2O7/c1-4-18-12-6-5-10(7-13(12)26-17(18)22)19-9-25-8-11(15(20)23-2)14(19)16(21)24-3/h5-7H,4,8-9H2,1-3H3. The van der Waals surface area contributed by atoms with Gasteiger partial charge in [0.15, 0.2) is 5.58 Å². The lowest BCUT2D eigenvalue weighted by atomic mass is 10.1. The Morgan fingerprint density at radius 2 is 1.92 bits per heavy atom. The third-order valence-electron chi connectivity index (χ3n) is 4.11. The number of nitrogens with zero attached hydrogens (tertiary/aromatic N) is 2. The monoisotopic (exact) mass is 362 g/mol. The van der Waals surface area contributed by atoms with Crippen molar-refractivity contribution in [2.24, 2.45) is 0 Å². The number of benzene rings is 1. The van der Waals surface area contributed by atoms with Crippen LogP contribution in [0.4, 0.5) is 5.69 Å². The molecule has 0 fully saturated rings. The molecule has 0 radical (unpaired) electrons. The first-order valence-corrected chi connectivity index (χ1v) is 7.90. The number of rotatable bonds is 4. The van der Waals surface area contributed by atoms with E-state index in [-0.39, 0.29) is 24.6 Å². The average Bonchev–Trinajstić information content (AvgIpc) is 2.99. The Morgan fingerprint density at radius 3 is 2.58 bits per heavy atom. The number of esters is 2. The highest BCUT2D eigenvalue weighted by Gasteiger charge is 2.32. The van der Waals surface area contributed by atoms with Crippen LogP contribution in [-0.4, -0.2) is 44.1 Å². The van der Waals surface area contributed by atoms with E-state index in [1.807, 2.05) is 6.92 Å². The van der Waals surface area contributed by atoms with Gasteiger partial charge in [0, 0.05) is 18.3 Å². The number of methoxy groups -OCH3 is 2. The minimum atomic E-state index is -0.693. The van der Waals surface area contributed by atoms with Gasteiger partial charge in [-0.05, 0) is 19.1 Å². The van der Waals surface area contributed by atoms with E-state index in [9.17, 15) is 14.4 Å². The maximum Gasteiger partial charge on any atom is 0.419 e. The van der Waals surface area contributed by atoms with Crippen LogP contribution >= 0.6 is 0 Å². The van der Waals surface area contributed by atoms with Crippen molar-refractivity contribution in [2.45, 2.75) is 13.5 Å². The van der Waals surface area contributed by atoms with Gasteiger partial charge in [0.25, 0.3) is 0 Å². The average molecular weight is 362 g/mol. The Morgan fingerprint density at radius 1 is 1.19 bits per heavy atom. The molecule has 0 aliphatic carbocycles. The van der Waals surface area contributed by atoms with Crippen LogP contribution in [0.3, 0.4) is 0 Å². The van der Waals surface area contributed by atoms with E-state index in [1.54, 1.807) is 18.2 Å². The third kappa shape index (κ3) is 2.86. The van der Waals surface area contributed by atoms with Crippen molar-refractivity contribution in [3.8, 4) is 0 Å². The molecule has 0 saturated heterocycles. The van der Waals surface area contributed by atoms with Gasteiger partial charge in [0.05, 0.1) is 31.9 Å². The molecule has 0 spiro atoms. The fourth-order valence-corrected chi connectivity index (χ4v) is 2.87. The van der Waals surface area contributed by atoms with Gasteiger partial charge in [0.1, 0.15) is 12.4 Å². The van der Waals surface area contributed by atoms with Gasteiger partial charge in [-0.15, -0.1) is 0 Å². The minimum absolute atomic E-state index is 0.0230. The molecule has 9 heteroatoms. The predicted molar refractivity (Wildman–Crippen MR) is 90.5 cm³/mol. The Bertz CT molecular complexity index is 954. The summed E-state index contributed by atoms with van der Waals surface area (Å²) in [6.07, 6.45) is 0. The van der Waals surface area contributed by atoms with E-state index < -0.39 is 17.7 Å². The van der Waals surface area contributed by atoms with Crippen molar-refractivity contribution in [1.29, 1.82) is 0 Å². The second-order valence-corrected chi connectivity index (χ2v) is 5.48. The highest BCUT2D eigenvalue weighted by molar-refractivity contribution is 6.03. The molecule has 0 bridgehead atoms. The van der Waals surface area contributed by atoms with Crippen LogP contribution in [0.1, 0.15) is 6.92 Å². The number of aryl methyl sites for hydroxylation is 1. The van der Waals surface area contributed by atoms with E-state index in [0.717, 1.165) is 0 Å². The molecule has 1 aromatic carbocycles. The maximum atomic E-state index is 12.3. The molecule has 9 nitrogen and oxygen atoms in total. The van der Waals surface area contributed by atoms with Gasteiger partial charge in [-0.2, -0.15) is 0 Å². The highest BCUT2D eigenvalue weighted by atomic mass is 16.5.